The highest BCUT2D eigenvalue weighted by Crippen LogP contribution is 2.29. The third kappa shape index (κ3) is 6.29. The number of ether oxygens (including phenoxy) is 1. The number of amides is 1. The fourth-order valence-electron chi connectivity index (χ4n) is 2.04. The van der Waals surface area contributed by atoms with Gasteiger partial charge in [0.25, 0.3) is 5.91 Å². The molecule has 0 aliphatic carbocycles. The molecule has 1 unspecified atom stereocenters. The first-order valence-corrected chi connectivity index (χ1v) is 8.77. The number of carbonyl (C=O) groups excluding carboxylic acids is 2. The molecule has 2 rings (SSSR count). The van der Waals surface area contributed by atoms with Crippen LogP contribution < -0.4 is 5.32 Å². The molecule has 0 bridgehead atoms. The van der Waals surface area contributed by atoms with Crippen LogP contribution in [0.25, 0.3) is 11.4 Å². The minimum atomic E-state index is -4.73. The lowest BCUT2D eigenvalue weighted by molar-refractivity contribution is -0.159. The average molecular weight is 428 g/mol. The number of benzene rings is 1. The van der Waals surface area contributed by atoms with Crippen LogP contribution in [0.15, 0.2) is 33.9 Å². The summed E-state index contributed by atoms with van der Waals surface area (Å²) in [5, 5.41) is 9.62. The summed E-state index contributed by atoms with van der Waals surface area (Å²) in [6.07, 6.45) is -5.62. The normalized spacial score (nSPS) is 12.9. The minimum Gasteiger partial charge on any atom is -0.463 e. The summed E-state index contributed by atoms with van der Waals surface area (Å²) in [6.45, 7) is 5.02. The van der Waals surface area contributed by atoms with Crippen molar-refractivity contribution >= 4 is 17.6 Å². The summed E-state index contributed by atoms with van der Waals surface area (Å²) in [5.74, 6) is -2.69. The van der Waals surface area contributed by atoms with Gasteiger partial charge in [-0.25, -0.2) is 4.79 Å². The summed E-state index contributed by atoms with van der Waals surface area (Å²) >= 11 is 0. The van der Waals surface area contributed by atoms with Crippen LogP contribution in [-0.2, 0) is 20.5 Å². The summed E-state index contributed by atoms with van der Waals surface area (Å²) in [6, 6.07) is 5.59. The van der Waals surface area contributed by atoms with Gasteiger partial charge in [-0.1, -0.05) is 22.4 Å². The molecule has 0 spiro atoms. The molecule has 0 aliphatic rings. The maximum atomic E-state index is 12.5. The number of alkyl halides is 3. The predicted octanol–water partition coefficient (Wildman–Crippen LogP) is 2.83. The summed E-state index contributed by atoms with van der Waals surface area (Å²) in [7, 11) is 0. The second kappa shape index (κ2) is 9.85. The van der Waals surface area contributed by atoms with E-state index in [1.54, 1.807) is 13.8 Å². The van der Waals surface area contributed by atoms with E-state index in [0.29, 0.717) is 5.71 Å². The van der Waals surface area contributed by atoms with Crippen LogP contribution in [0.3, 0.4) is 0 Å². The lowest BCUT2D eigenvalue weighted by Gasteiger charge is -2.10. The van der Waals surface area contributed by atoms with Crippen LogP contribution in [0, 0.1) is 0 Å². The van der Waals surface area contributed by atoms with E-state index in [1.165, 1.54) is 31.2 Å². The molecule has 0 radical (unpaired) electrons. The van der Waals surface area contributed by atoms with Crippen molar-refractivity contribution in [2.45, 2.75) is 33.1 Å². The predicted molar refractivity (Wildman–Crippen MR) is 97.4 cm³/mol. The molecule has 1 amide bonds. The van der Waals surface area contributed by atoms with Gasteiger partial charge < -0.3 is 19.4 Å². The van der Waals surface area contributed by atoms with Crippen LogP contribution in [0.2, 0.25) is 0 Å². The summed E-state index contributed by atoms with van der Waals surface area (Å²) in [5.41, 5.74) is 0.916. The number of rotatable bonds is 8. The van der Waals surface area contributed by atoms with E-state index in [1.807, 2.05) is 0 Å². The quantitative estimate of drug-likeness (QED) is 0.390. The largest absolute Gasteiger partial charge is 0.471 e. The van der Waals surface area contributed by atoms with E-state index in [-0.39, 0.29) is 30.1 Å². The molecule has 0 aliphatic heterocycles. The molecule has 0 saturated heterocycles. The number of aromatic nitrogens is 2. The van der Waals surface area contributed by atoms with Crippen molar-refractivity contribution in [3.8, 4) is 11.4 Å². The summed E-state index contributed by atoms with van der Waals surface area (Å²) in [4.78, 5) is 31.9. The maximum Gasteiger partial charge on any atom is 0.471 e. The van der Waals surface area contributed by atoms with Gasteiger partial charge >= 0.3 is 18.0 Å². The SMILES string of the molecule is CCOC(=O)C(C)ON=C(C)CNC(=O)c1ccc(-c2noc(C(F)(F)F)n2)cc1. The lowest BCUT2D eigenvalue weighted by atomic mass is 10.1. The van der Waals surface area contributed by atoms with E-state index >= 15 is 0 Å². The van der Waals surface area contributed by atoms with Crippen LogP contribution in [0.5, 0.6) is 0 Å². The topological polar surface area (TPSA) is 116 Å². The number of carbonyl (C=O) groups is 2. The van der Waals surface area contributed by atoms with Crippen molar-refractivity contribution in [2.75, 3.05) is 13.2 Å². The molecular weight excluding hydrogens is 409 g/mol. The number of nitrogens with one attached hydrogen (secondary N) is 1. The molecule has 30 heavy (non-hydrogen) atoms. The van der Waals surface area contributed by atoms with Gasteiger partial charge in [0.05, 0.1) is 18.9 Å². The molecule has 1 aromatic carbocycles. The fourth-order valence-corrected chi connectivity index (χ4v) is 2.04. The number of esters is 1. The van der Waals surface area contributed by atoms with E-state index < -0.39 is 30.0 Å². The molecule has 12 heteroatoms. The second-order valence-corrected chi connectivity index (χ2v) is 6.01. The zero-order valence-electron chi connectivity index (χ0n) is 16.3. The Kier molecular flexibility index (Phi) is 7.50. The van der Waals surface area contributed by atoms with Crippen molar-refractivity contribution in [1.82, 2.24) is 15.5 Å². The highest BCUT2D eigenvalue weighted by atomic mass is 19.4. The van der Waals surface area contributed by atoms with Gasteiger partial charge in [0.2, 0.25) is 11.9 Å². The standard InChI is InChI=1S/C18H19F3N4O5/c1-4-28-16(27)11(3)29-24-10(2)9-22-15(26)13-7-5-12(6-8-13)14-23-17(30-25-14)18(19,20)21/h5-8,11H,4,9H2,1-3H3,(H,22,26). The number of hydrogen-bond donors (Lipinski definition) is 1. The van der Waals surface area contributed by atoms with Crippen LogP contribution in [0.4, 0.5) is 13.2 Å². The number of hydrogen-bond acceptors (Lipinski definition) is 8. The molecule has 1 aromatic heterocycles. The van der Waals surface area contributed by atoms with Gasteiger partial charge in [-0.2, -0.15) is 18.2 Å². The zero-order chi connectivity index (χ0) is 22.3. The van der Waals surface area contributed by atoms with Crippen LogP contribution in [-0.4, -0.2) is 47.0 Å². The first-order chi connectivity index (χ1) is 14.1. The highest BCUT2D eigenvalue weighted by molar-refractivity contribution is 5.97. The third-order valence-corrected chi connectivity index (χ3v) is 3.56. The van der Waals surface area contributed by atoms with Gasteiger partial charge in [0.1, 0.15) is 0 Å². The maximum absolute atomic E-state index is 12.5. The van der Waals surface area contributed by atoms with E-state index in [4.69, 9.17) is 9.57 Å². The molecule has 162 valence electrons. The minimum absolute atomic E-state index is 0.0515. The van der Waals surface area contributed by atoms with Crippen LogP contribution in [0.1, 0.15) is 37.0 Å². The van der Waals surface area contributed by atoms with Crippen molar-refractivity contribution in [1.29, 1.82) is 0 Å². The van der Waals surface area contributed by atoms with E-state index in [0.717, 1.165) is 0 Å². The smallest absolute Gasteiger partial charge is 0.463 e. The van der Waals surface area contributed by atoms with Gasteiger partial charge in [-0.15, -0.1) is 0 Å². The molecule has 0 saturated carbocycles. The highest BCUT2D eigenvalue weighted by Gasteiger charge is 2.38. The van der Waals surface area contributed by atoms with Gasteiger partial charge in [0.15, 0.2) is 0 Å². The first-order valence-electron chi connectivity index (χ1n) is 8.77. The van der Waals surface area contributed by atoms with Crippen molar-refractivity contribution in [3.63, 3.8) is 0 Å². The first kappa shape index (κ1) is 22.8. The van der Waals surface area contributed by atoms with E-state index in [2.05, 4.69) is 25.1 Å². The Balaban J connectivity index is 1.91. The van der Waals surface area contributed by atoms with E-state index in [9.17, 15) is 22.8 Å². The monoisotopic (exact) mass is 428 g/mol. The Morgan fingerprint density at radius 1 is 1.27 bits per heavy atom. The van der Waals surface area contributed by atoms with Gasteiger partial charge in [0, 0.05) is 11.1 Å². The molecule has 0 fully saturated rings. The Hall–Kier alpha value is -3.44. The zero-order valence-corrected chi connectivity index (χ0v) is 16.3. The Bertz CT molecular complexity index is 909. The summed E-state index contributed by atoms with van der Waals surface area (Å²) < 4.78 is 46.5. The van der Waals surface area contributed by atoms with Crippen molar-refractivity contribution in [3.05, 3.63) is 35.7 Å². The molecule has 9 nitrogen and oxygen atoms in total. The van der Waals surface area contributed by atoms with Crippen molar-refractivity contribution in [2.24, 2.45) is 5.16 Å². The third-order valence-electron chi connectivity index (χ3n) is 3.56. The fraction of sp³-hybridized carbons (Fsp3) is 0.389. The Morgan fingerprint density at radius 3 is 2.50 bits per heavy atom. The Morgan fingerprint density at radius 2 is 1.93 bits per heavy atom. The van der Waals surface area contributed by atoms with Crippen LogP contribution >= 0.6 is 0 Å². The molecule has 2 aromatic rings. The second-order valence-electron chi connectivity index (χ2n) is 6.01. The molecular formula is C18H19F3N4O5. The van der Waals surface area contributed by atoms with Gasteiger partial charge in [-0.05, 0) is 32.9 Å². The number of nitrogens with zero attached hydrogens (tertiary/aromatic N) is 3. The number of oxime groups is 1. The van der Waals surface area contributed by atoms with Crippen molar-refractivity contribution < 1.29 is 36.9 Å². The average Bonchev–Trinajstić information content (AvgIpc) is 3.21. The van der Waals surface area contributed by atoms with Gasteiger partial charge in [-0.3, -0.25) is 4.79 Å². The number of halogens is 3. The lowest BCUT2D eigenvalue weighted by Crippen LogP contribution is -2.29. The Labute approximate surface area is 169 Å². The molecule has 1 N–H and O–H groups in total. The molecule has 1 heterocycles. The molecule has 1 atom stereocenters.